The van der Waals surface area contributed by atoms with E-state index < -0.39 is 108 Å². The van der Waals surface area contributed by atoms with E-state index in [2.05, 4.69) is 31.6 Å². The fraction of sp³-hybridized carbons (Fsp3) is 0.574. The first-order valence-corrected chi connectivity index (χ1v) is 25.8. The summed E-state index contributed by atoms with van der Waals surface area (Å²) in [6.45, 7) is 5.82. The fourth-order valence-electron chi connectivity index (χ4n) is 8.24. The number of amides is 7. The minimum Gasteiger partial charge on any atom is -0.370 e. The van der Waals surface area contributed by atoms with Gasteiger partial charge in [-0.05, 0) is 86.3 Å². The molecule has 2 aliphatic heterocycles. The molecule has 0 bridgehead atoms. The number of guanidine groups is 1. The number of nitrogens with two attached hydrogens (primary N) is 3. The van der Waals surface area contributed by atoms with Crippen LogP contribution in [0.3, 0.4) is 0 Å². The highest BCUT2D eigenvalue weighted by Gasteiger charge is 2.40. The van der Waals surface area contributed by atoms with Gasteiger partial charge < -0.3 is 48.7 Å². The van der Waals surface area contributed by atoms with E-state index in [0.717, 1.165) is 10.4 Å². The van der Waals surface area contributed by atoms with Crippen molar-refractivity contribution in [2.45, 2.75) is 122 Å². The van der Waals surface area contributed by atoms with Crippen molar-refractivity contribution in [2.75, 3.05) is 31.1 Å². The zero-order chi connectivity index (χ0) is 50.6. The molecule has 0 spiro atoms. The van der Waals surface area contributed by atoms with Gasteiger partial charge in [-0.3, -0.25) is 48.1 Å². The van der Waals surface area contributed by atoms with Crippen LogP contribution in [-0.4, -0.2) is 125 Å². The van der Waals surface area contributed by atoms with Gasteiger partial charge in [0.15, 0.2) is 11.7 Å². The number of primary amides is 1. The lowest BCUT2D eigenvalue weighted by Crippen LogP contribution is -2.58. The molecule has 2 aliphatic rings. The van der Waals surface area contributed by atoms with Crippen molar-refractivity contribution in [3.05, 3.63) is 57.2 Å². The molecule has 1 aromatic heterocycles. The van der Waals surface area contributed by atoms with Crippen LogP contribution in [0.5, 0.6) is 0 Å². The Kier molecular flexibility index (Phi) is 22.9. The van der Waals surface area contributed by atoms with E-state index >= 15 is 0 Å². The van der Waals surface area contributed by atoms with Crippen molar-refractivity contribution in [3.63, 3.8) is 0 Å². The van der Waals surface area contributed by atoms with Gasteiger partial charge in [0.25, 0.3) is 0 Å². The van der Waals surface area contributed by atoms with Gasteiger partial charge in [0, 0.05) is 66.9 Å². The number of Topliss-reactive ketones (excluding diaryl/α,β-unsaturated/α-hetero) is 2. The van der Waals surface area contributed by atoms with Crippen molar-refractivity contribution in [1.82, 2.24) is 31.5 Å². The van der Waals surface area contributed by atoms with Crippen LogP contribution >= 0.6 is 34.7 Å². The summed E-state index contributed by atoms with van der Waals surface area (Å²) in [6, 6.07) is 4.69. The molecular formula is C47H67ClN10O9S2. The number of likely N-dealkylation sites (tertiary alicyclic amines) is 1. The van der Waals surface area contributed by atoms with Crippen LogP contribution in [0.15, 0.2) is 46.8 Å². The number of hydrogen-bond donors (Lipinski definition) is 8. The summed E-state index contributed by atoms with van der Waals surface area (Å²) in [6.07, 6.45) is 0.885. The van der Waals surface area contributed by atoms with Crippen molar-refractivity contribution in [3.8, 4) is 0 Å². The normalized spacial score (nSPS) is 23.0. The van der Waals surface area contributed by atoms with Crippen molar-refractivity contribution < 1.29 is 43.2 Å². The second kappa shape index (κ2) is 28.2. The molecule has 0 aliphatic carbocycles. The predicted octanol–water partition coefficient (Wildman–Crippen LogP) is 1.52. The number of carbonyl (C=O) groups excluding carboxylic acids is 9. The molecule has 378 valence electrons. The highest BCUT2D eigenvalue weighted by atomic mass is 35.5. The summed E-state index contributed by atoms with van der Waals surface area (Å²) < 4.78 is 0. The fourth-order valence-corrected chi connectivity index (χ4v) is 10.2. The maximum absolute atomic E-state index is 14.6. The zero-order valence-corrected chi connectivity index (χ0v) is 41.9. The van der Waals surface area contributed by atoms with Gasteiger partial charge in [-0.25, -0.2) is 0 Å². The summed E-state index contributed by atoms with van der Waals surface area (Å²) in [5, 5.41) is 16.1. The number of nitrogens with one attached hydrogen (secondary N) is 5. The maximum atomic E-state index is 14.6. The molecule has 22 heteroatoms. The molecule has 19 nitrogen and oxygen atoms in total. The molecule has 2 saturated heterocycles. The Balaban J connectivity index is 1.65. The predicted molar refractivity (Wildman–Crippen MR) is 266 cm³/mol. The minimum absolute atomic E-state index is 0.0745. The first kappa shape index (κ1) is 56.1. The number of thioether (sulfide) groups is 1. The number of thiophene rings is 1. The Labute approximate surface area is 416 Å². The summed E-state index contributed by atoms with van der Waals surface area (Å²) in [7, 11) is 0. The zero-order valence-electron chi connectivity index (χ0n) is 39.5. The molecule has 7 amide bonds. The molecule has 0 radical (unpaired) electrons. The lowest BCUT2D eigenvalue weighted by Gasteiger charge is -2.30. The standard InChI is InChI=1S/C47H67ClN10O9S2/c1-4-52-42(63)34(11-5-17-53-47(50)51)54-44(65)37-12-6-18-58(37)46(67)30-23-38(60)35(25-39(49)61)55-45(66)40(27(2)3)57-43(64)36(24-33-10-8-20-69-33)56-41(62)29(21-28-13-15-31(48)16-14-28)22-32(59)9-7-19-68-26-30/h8,10,13-16,20,27,29-30,34-37,40H,4-7,9,11-12,17-19,21-26H2,1-3H3,(H2,49,61)(H,52,63)(H,54,65)(H,55,66)(H,56,62)(H,57,64)(H4,50,51,53)/t29-,30+,34-,35+,36+,37+,40+/m1/s1. The van der Waals surface area contributed by atoms with E-state index in [9.17, 15) is 43.2 Å². The highest BCUT2D eigenvalue weighted by Crippen LogP contribution is 2.26. The lowest BCUT2D eigenvalue weighted by molar-refractivity contribution is -0.143. The number of aliphatic imine (C=N–C) groups is 1. The van der Waals surface area contributed by atoms with Crippen LogP contribution in [0.4, 0.5) is 0 Å². The second-order valence-electron chi connectivity index (χ2n) is 17.7. The van der Waals surface area contributed by atoms with Gasteiger partial charge in [0.1, 0.15) is 30.0 Å². The molecule has 0 unspecified atom stereocenters. The quantitative estimate of drug-likeness (QED) is 0.0675. The number of rotatable bonds is 16. The van der Waals surface area contributed by atoms with Gasteiger partial charge in [-0.1, -0.05) is 43.6 Å². The molecule has 11 N–H and O–H groups in total. The van der Waals surface area contributed by atoms with Crippen LogP contribution in [0, 0.1) is 17.8 Å². The third kappa shape index (κ3) is 18.4. The summed E-state index contributed by atoms with van der Waals surface area (Å²) in [5.41, 5.74) is 17.2. The van der Waals surface area contributed by atoms with E-state index in [0.29, 0.717) is 36.6 Å². The van der Waals surface area contributed by atoms with E-state index in [1.165, 1.54) is 28.0 Å². The summed E-state index contributed by atoms with van der Waals surface area (Å²) in [5.74, 6) is -7.39. The first-order valence-electron chi connectivity index (χ1n) is 23.4. The lowest BCUT2D eigenvalue weighted by atomic mass is 9.91. The van der Waals surface area contributed by atoms with Crippen LogP contribution in [0.2, 0.25) is 5.02 Å². The first-order chi connectivity index (χ1) is 32.9. The summed E-state index contributed by atoms with van der Waals surface area (Å²) >= 11 is 8.84. The SMILES string of the molecule is CCNC(=O)[C@@H](CCCN=C(N)N)NC(=O)[C@@H]1CCCN1C(=O)[C@@H]1CSCCCC(=O)C[C@@H](Cc2ccc(Cl)cc2)C(=O)N[C@@H](Cc2cccs2)C(=O)N[C@@H](C(C)C)C(=O)N[C@@H](CC(N)=O)C(=O)C1. The smallest absolute Gasteiger partial charge is 0.243 e. The minimum atomic E-state index is -1.48. The molecule has 2 aromatic rings. The monoisotopic (exact) mass is 1010 g/mol. The number of benzene rings is 1. The Morgan fingerprint density at radius 1 is 0.913 bits per heavy atom. The van der Waals surface area contributed by atoms with Gasteiger partial charge in [-0.15, -0.1) is 11.3 Å². The highest BCUT2D eigenvalue weighted by molar-refractivity contribution is 7.99. The van der Waals surface area contributed by atoms with E-state index in [1.807, 2.05) is 11.4 Å². The number of nitrogens with zero attached hydrogens (tertiary/aromatic N) is 2. The molecule has 0 saturated carbocycles. The van der Waals surface area contributed by atoms with Crippen molar-refractivity contribution >= 4 is 93.6 Å². The van der Waals surface area contributed by atoms with Gasteiger partial charge in [0.2, 0.25) is 41.4 Å². The Morgan fingerprint density at radius 3 is 2.29 bits per heavy atom. The average molecular weight is 1020 g/mol. The Bertz CT molecular complexity index is 2140. The van der Waals surface area contributed by atoms with Crippen molar-refractivity contribution in [1.29, 1.82) is 0 Å². The van der Waals surface area contributed by atoms with Gasteiger partial charge >= 0.3 is 0 Å². The topological polar surface area (TPSA) is 307 Å². The second-order valence-corrected chi connectivity index (χ2v) is 20.3. The Morgan fingerprint density at radius 2 is 1.64 bits per heavy atom. The van der Waals surface area contributed by atoms with E-state index in [-0.39, 0.29) is 69.1 Å². The van der Waals surface area contributed by atoms with E-state index in [4.69, 9.17) is 28.8 Å². The van der Waals surface area contributed by atoms with Crippen LogP contribution in [0.25, 0.3) is 0 Å². The number of hydrogen-bond acceptors (Lipinski definition) is 12. The largest absolute Gasteiger partial charge is 0.370 e. The van der Waals surface area contributed by atoms with Crippen LogP contribution < -0.4 is 43.8 Å². The number of carbonyl (C=O) groups is 9. The van der Waals surface area contributed by atoms with Crippen LogP contribution in [-0.2, 0) is 56.0 Å². The Hall–Kier alpha value is -5.54. The number of halogens is 1. The molecular weight excluding hydrogens is 948 g/mol. The van der Waals surface area contributed by atoms with Gasteiger partial charge in [0.05, 0.1) is 18.4 Å². The molecule has 4 rings (SSSR count). The van der Waals surface area contributed by atoms with Crippen LogP contribution in [0.1, 0.15) is 89.0 Å². The molecule has 69 heavy (non-hydrogen) atoms. The third-order valence-corrected chi connectivity index (χ3v) is 14.2. The van der Waals surface area contributed by atoms with E-state index in [1.54, 1.807) is 51.1 Å². The maximum Gasteiger partial charge on any atom is 0.243 e. The molecule has 3 heterocycles. The molecule has 2 fully saturated rings. The molecule has 1 aromatic carbocycles. The van der Waals surface area contributed by atoms with Gasteiger partial charge in [-0.2, -0.15) is 11.8 Å². The third-order valence-electron chi connectivity index (χ3n) is 11.8. The van der Waals surface area contributed by atoms with Crippen molar-refractivity contribution in [2.24, 2.45) is 39.9 Å². The average Bonchev–Trinajstić information content (AvgIpc) is 4.01. The number of likely N-dealkylation sites (N-methyl/N-ethyl adjacent to an activating group) is 1. The number of ketones is 2. The summed E-state index contributed by atoms with van der Waals surface area (Å²) in [4.78, 5) is 130. The molecule has 7 atom stereocenters.